The lowest BCUT2D eigenvalue weighted by molar-refractivity contribution is -0.00124. The Bertz CT molecular complexity index is 852. The highest BCUT2D eigenvalue weighted by Gasteiger charge is 2.32. The van der Waals surface area contributed by atoms with Gasteiger partial charge in [0.05, 0.1) is 24.9 Å². The summed E-state index contributed by atoms with van der Waals surface area (Å²) in [4.78, 5) is 32.7. The predicted molar refractivity (Wildman–Crippen MR) is 105 cm³/mol. The first kappa shape index (κ1) is 22.1. The van der Waals surface area contributed by atoms with Gasteiger partial charge in [0, 0.05) is 25.7 Å². The molecule has 1 fully saturated rings. The molecule has 3 rings (SSSR count). The summed E-state index contributed by atoms with van der Waals surface area (Å²) in [5.41, 5.74) is 1.12. The number of ether oxygens (including phenoxy) is 2. The van der Waals surface area contributed by atoms with E-state index in [0.717, 1.165) is 5.56 Å². The van der Waals surface area contributed by atoms with Crippen LogP contribution in [0.4, 0.5) is 13.6 Å². The maximum atomic E-state index is 12.8. The van der Waals surface area contributed by atoms with E-state index in [1.165, 1.54) is 9.80 Å². The van der Waals surface area contributed by atoms with Gasteiger partial charge in [-0.2, -0.15) is 8.78 Å². The zero-order chi connectivity index (χ0) is 22.1. The van der Waals surface area contributed by atoms with Crippen molar-refractivity contribution in [3.63, 3.8) is 0 Å². The molecule has 0 bridgehead atoms. The Labute approximate surface area is 174 Å². The molecule has 2 aliphatic rings. The van der Waals surface area contributed by atoms with Crippen LogP contribution in [0.25, 0.3) is 0 Å². The fourth-order valence-corrected chi connectivity index (χ4v) is 3.52. The van der Waals surface area contributed by atoms with Crippen LogP contribution in [0.3, 0.4) is 0 Å². The standard InChI is InChI=1S/C21H27F2N3O4/c1-21(2,3)30-20(28)25(4)17-12-29-11-16-14(17)5-6-15(24-16)19(27)26-9-7-13(8-10-26)18(22)23/h5-6,17H,7-12H2,1-4H3. The maximum Gasteiger partial charge on any atom is 0.410 e. The van der Waals surface area contributed by atoms with Gasteiger partial charge in [-0.3, -0.25) is 4.79 Å². The smallest absolute Gasteiger partial charge is 0.410 e. The van der Waals surface area contributed by atoms with E-state index in [0.29, 0.717) is 12.3 Å². The lowest BCUT2D eigenvalue weighted by atomic mass is 10.0. The lowest BCUT2D eigenvalue weighted by Crippen LogP contribution is -2.40. The van der Waals surface area contributed by atoms with Crippen LogP contribution >= 0.6 is 0 Å². The summed E-state index contributed by atoms with van der Waals surface area (Å²) in [5, 5.41) is 0. The average Bonchev–Trinajstić information content (AvgIpc) is 2.70. The second-order valence-electron chi connectivity index (χ2n) is 8.51. The molecule has 1 aromatic heterocycles. The number of rotatable bonds is 2. The third-order valence-electron chi connectivity index (χ3n) is 5.17. The molecule has 0 aromatic carbocycles. The Morgan fingerprint density at radius 3 is 2.50 bits per heavy atom. The minimum atomic E-state index is -1.65. The van der Waals surface area contributed by atoms with E-state index in [1.807, 2.05) is 0 Å². The summed E-state index contributed by atoms with van der Waals surface area (Å²) in [5.74, 6) is -0.293. The summed E-state index contributed by atoms with van der Waals surface area (Å²) >= 11 is 0. The van der Waals surface area contributed by atoms with Gasteiger partial charge in [-0.05, 0) is 45.3 Å². The van der Waals surface area contributed by atoms with E-state index in [-0.39, 0.29) is 55.8 Å². The molecule has 1 aromatic rings. The van der Waals surface area contributed by atoms with E-state index in [2.05, 4.69) is 4.98 Å². The molecule has 0 N–H and O–H groups in total. The van der Waals surface area contributed by atoms with Gasteiger partial charge < -0.3 is 19.3 Å². The Morgan fingerprint density at radius 2 is 1.90 bits per heavy atom. The monoisotopic (exact) mass is 423 g/mol. The summed E-state index contributed by atoms with van der Waals surface area (Å²) in [7, 11) is 1.64. The largest absolute Gasteiger partial charge is 0.444 e. The highest BCUT2D eigenvalue weighted by atomic mass is 19.3. The number of hydrogen-bond acceptors (Lipinski definition) is 5. The molecule has 0 radical (unpaired) electrons. The molecule has 2 aliphatic heterocycles. The fraction of sp³-hybridized carbons (Fsp3) is 0.571. The topological polar surface area (TPSA) is 72.0 Å². The van der Waals surface area contributed by atoms with Crippen molar-refractivity contribution < 1.29 is 27.8 Å². The number of halogens is 2. The van der Waals surface area contributed by atoms with Crippen LogP contribution in [0.1, 0.15) is 61.4 Å². The Morgan fingerprint density at radius 1 is 1.23 bits per heavy atom. The Kier molecular flexibility index (Phi) is 6.40. The van der Waals surface area contributed by atoms with Crippen LogP contribution in [-0.2, 0) is 16.1 Å². The number of likely N-dealkylation sites (N-methyl/N-ethyl adjacent to an activating group) is 1. The molecule has 164 valence electrons. The van der Waals surface area contributed by atoms with Crippen molar-refractivity contribution in [2.75, 3.05) is 26.7 Å². The van der Waals surface area contributed by atoms with Gasteiger partial charge in [-0.25, -0.2) is 9.78 Å². The van der Waals surface area contributed by atoms with Crippen molar-refractivity contribution in [1.29, 1.82) is 0 Å². The van der Waals surface area contributed by atoms with Crippen LogP contribution in [0.15, 0.2) is 23.8 Å². The molecule has 1 atom stereocenters. The normalized spacial score (nSPS) is 19.2. The van der Waals surface area contributed by atoms with E-state index in [9.17, 15) is 18.4 Å². The molecule has 3 heterocycles. The highest BCUT2D eigenvalue weighted by molar-refractivity contribution is 5.92. The van der Waals surface area contributed by atoms with Gasteiger partial charge in [0.2, 0.25) is 0 Å². The Hall–Kier alpha value is -2.55. The molecule has 7 nitrogen and oxygen atoms in total. The number of likely N-dealkylation sites (tertiary alicyclic amines) is 1. The van der Waals surface area contributed by atoms with Crippen molar-refractivity contribution in [2.45, 2.75) is 51.9 Å². The van der Waals surface area contributed by atoms with Crippen LogP contribution < -0.4 is 0 Å². The van der Waals surface area contributed by atoms with Crippen molar-refractivity contribution in [3.05, 3.63) is 40.7 Å². The van der Waals surface area contributed by atoms with Gasteiger partial charge in [-0.1, -0.05) is 6.07 Å². The molecular weight excluding hydrogens is 396 g/mol. The first-order chi connectivity index (χ1) is 14.1. The maximum absolute atomic E-state index is 12.8. The van der Waals surface area contributed by atoms with Crippen LogP contribution in [0.2, 0.25) is 0 Å². The van der Waals surface area contributed by atoms with Gasteiger partial charge in [0.25, 0.3) is 12.0 Å². The third-order valence-corrected chi connectivity index (χ3v) is 5.17. The molecule has 9 heteroatoms. The number of piperidine rings is 1. The Balaban J connectivity index is 1.75. The molecule has 30 heavy (non-hydrogen) atoms. The molecule has 2 amide bonds. The van der Waals surface area contributed by atoms with E-state index in [4.69, 9.17) is 9.47 Å². The minimum Gasteiger partial charge on any atom is -0.444 e. The van der Waals surface area contributed by atoms with Gasteiger partial charge >= 0.3 is 6.09 Å². The zero-order valence-electron chi connectivity index (χ0n) is 17.7. The van der Waals surface area contributed by atoms with Crippen molar-refractivity contribution >= 4 is 12.0 Å². The fourth-order valence-electron chi connectivity index (χ4n) is 3.52. The number of aromatic nitrogens is 1. The minimum absolute atomic E-state index is 0.110. The van der Waals surface area contributed by atoms with Crippen LogP contribution in [0.5, 0.6) is 0 Å². The molecule has 0 spiro atoms. The molecule has 0 saturated carbocycles. The molecule has 1 saturated heterocycles. The van der Waals surface area contributed by atoms with Crippen molar-refractivity contribution in [2.24, 2.45) is 0 Å². The zero-order valence-corrected chi connectivity index (χ0v) is 17.7. The van der Waals surface area contributed by atoms with Gasteiger partial charge in [-0.15, -0.1) is 0 Å². The van der Waals surface area contributed by atoms with Crippen molar-refractivity contribution in [3.8, 4) is 0 Å². The molecule has 1 unspecified atom stereocenters. The highest BCUT2D eigenvalue weighted by Crippen LogP contribution is 2.30. The van der Waals surface area contributed by atoms with Crippen LogP contribution in [-0.4, -0.2) is 59.1 Å². The van der Waals surface area contributed by atoms with Gasteiger partial charge in [0.15, 0.2) is 0 Å². The molecule has 0 aliphatic carbocycles. The summed E-state index contributed by atoms with van der Waals surface area (Å²) in [6, 6.07) is 3.01. The number of hydrogen-bond donors (Lipinski definition) is 0. The first-order valence-electron chi connectivity index (χ1n) is 9.92. The summed E-state index contributed by atoms with van der Waals surface area (Å²) in [6.45, 7) is 6.40. The number of carbonyl (C=O) groups is 2. The third kappa shape index (κ3) is 4.95. The quantitative estimate of drug-likeness (QED) is 0.721. The summed E-state index contributed by atoms with van der Waals surface area (Å²) in [6.07, 6.45) is -1.77. The van der Waals surface area contributed by atoms with E-state index >= 15 is 0 Å². The first-order valence-corrected chi connectivity index (χ1v) is 9.92. The number of carbonyl (C=O) groups excluding carboxylic acids is 2. The summed E-state index contributed by atoms with van der Waals surface area (Å²) < 4.78 is 36.5. The SMILES string of the molecule is CN(C(=O)OC(C)(C)C)C1COCc2nc(C(=O)N3CCC(=C(F)F)CC3)ccc21. The van der Waals surface area contributed by atoms with E-state index < -0.39 is 17.8 Å². The number of amides is 2. The van der Waals surface area contributed by atoms with Crippen molar-refractivity contribution in [1.82, 2.24) is 14.8 Å². The number of fused-ring (bicyclic) bond motifs is 1. The van der Waals surface area contributed by atoms with Gasteiger partial charge in [0.1, 0.15) is 11.3 Å². The predicted octanol–water partition coefficient (Wildman–Crippen LogP) is 3.91. The average molecular weight is 423 g/mol. The van der Waals surface area contributed by atoms with E-state index in [1.54, 1.807) is 40.0 Å². The number of nitrogens with zero attached hydrogens (tertiary/aromatic N) is 3. The van der Waals surface area contributed by atoms with Crippen LogP contribution in [0, 0.1) is 0 Å². The second kappa shape index (κ2) is 8.67. The number of pyridine rings is 1. The second-order valence-corrected chi connectivity index (χ2v) is 8.51. The lowest BCUT2D eigenvalue weighted by Gasteiger charge is -2.34. The molecular formula is C21H27F2N3O4.